The van der Waals surface area contributed by atoms with E-state index < -0.39 is 0 Å². The van der Waals surface area contributed by atoms with Gasteiger partial charge in [0.15, 0.2) is 0 Å². The topological polar surface area (TPSA) is 62.1 Å². The van der Waals surface area contributed by atoms with Gasteiger partial charge in [0.05, 0.1) is 13.2 Å². The van der Waals surface area contributed by atoms with Crippen molar-refractivity contribution >= 4 is 12.0 Å². The molecule has 0 unspecified atom stereocenters. The van der Waals surface area contributed by atoms with Gasteiger partial charge in [0.2, 0.25) is 0 Å². The molecular weight excluding hydrogens is 288 g/mol. The second-order valence-corrected chi connectivity index (χ2v) is 5.05. The van der Waals surface area contributed by atoms with E-state index in [1.165, 1.54) is 0 Å². The summed E-state index contributed by atoms with van der Waals surface area (Å²) >= 11 is 0. The maximum Gasteiger partial charge on any atom is 0.262 e. The molecule has 0 saturated carbocycles. The minimum atomic E-state index is -0.389. The van der Waals surface area contributed by atoms with E-state index in [0.717, 1.165) is 16.9 Å². The van der Waals surface area contributed by atoms with Crippen molar-refractivity contribution in [2.75, 3.05) is 7.11 Å². The van der Waals surface area contributed by atoms with Crippen LogP contribution in [0.3, 0.4) is 0 Å². The summed E-state index contributed by atoms with van der Waals surface area (Å²) < 4.78 is 5.08. The molecule has 1 amide bonds. The highest BCUT2D eigenvalue weighted by Crippen LogP contribution is 2.15. The zero-order chi connectivity index (χ0) is 16.7. The summed E-state index contributed by atoms with van der Waals surface area (Å²) in [6.45, 7) is 1.88. The standard InChI is InChI=1S/C19H18N2O2/c1-14(16-6-4-3-5-7-16)21-19(22)17(13-20)12-15-8-10-18(23-2)11-9-15/h3-12,14H,1-2H3,(H,21,22)/b17-12-/t14-/m0/s1. The van der Waals surface area contributed by atoms with Gasteiger partial charge in [-0.1, -0.05) is 42.5 Å². The van der Waals surface area contributed by atoms with Crippen LogP contribution in [0.1, 0.15) is 24.1 Å². The van der Waals surface area contributed by atoms with Crippen molar-refractivity contribution in [3.8, 4) is 11.8 Å². The number of rotatable bonds is 5. The van der Waals surface area contributed by atoms with Gasteiger partial charge in [-0.3, -0.25) is 4.79 Å². The van der Waals surface area contributed by atoms with E-state index in [1.54, 1.807) is 37.5 Å². The number of nitrogens with zero attached hydrogens (tertiary/aromatic N) is 1. The Labute approximate surface area is 136 Å². The van der Waals surface area contributed by atoms with Gasteiger partial charge in [-0.15, -0.1) is 0 Å². The Bertz CT molecular complexity index is 728. The lowest BCUT2D eigenvalue weighted by Crippen LogP contribution is -2.27. The van der Waals surface area contributed by atoms with Crippen molar-refractivity contribution < 1.29 is 9.53 Å². The molecule has 4 nitrogen and oxygen atoms in total. The average molecular weight is 306 g/mol. The molecule has 116 valence electrons. The van der Waals surface area contributed by atoms with Gasteiger partial charge < -0.3 is 10.1 Å². The van der Waals surface area contributed by atoms with Crippen LogP contribution in [-0.4, -0.2) is 13.0 Å². The Morgan fingerprint density at radius 3 is 2.39 bits per heavy atom. The normalized spacial score (nSPS) is 12.1. The van der Waals surface area contributed by atoms with E-state index >= 15 is 0 Å². The largest absolute Gasteiger partial charge is 0.497 e. The van der Waals surface area contributed by atoms with Crippen molar-refractivity contribution in [2.24, 2.45) is 0 Å². The highest BCUT2D eigenvalue weighted by Gasteiger charge is 2.13. The van der Waals surface area contributed by atoms with E-state index in [4.69, 9.17) is 4.74 Å². The first-order valence-electron chi connectivity index (χ1n) is 7.25. The molecule has 23 heavy (non-hydrogen) atoms. The second-order valence-electron chi connectivity index (χ2n) is 5.05. The summed E-state index contributed by atoms with van der Waals surface area (Å²) in [7, 11) is 1.59. The number of hydrogen-bond acceptors (Lipinski definition) is 3. The molecule has 0 aromatic heterocycles. The van der Waals surface area contributed by atoms with Crippen molar-refractivity contribution in [1.29, 1.82) is 5.26 Å². The number of ether oxygens (including phenoxy) is 1. The van der Waals surface area contributed by atoms with Crippen molar-refractivity contribution in [1.82, 2.24) is 5.32 Å². The molecule has 2 aromatic carbocycles. The third kappa shape index (κ3) is 4.45. The average Bonchev–Trinajstić information content (AvgIpc) is 2.60. The molecule has 0 radical (unpaired) electrons. The van der Waals surface area contributed by atoms with Crippen LogP contribution in [0, 0.1) is 11.3 Å². The van der Waals surface area contributed by atoms with Crippen molar-refractivity contribution in [3.05, 3.63) is 71.3 Å². The fourth-order valence-electron chi connectivity index (χ4n) is 2.11. The first-order valence-corrected chi connectivity index (χ1v) is 7.25. The quantitative estimate of drug-likeness (QED) is 0.679. The van der Waals surface area contributed by atoms with Gasteiger partial charge in [-0.2, -0.15) is 5.26 Å². The maximum absolute atomic E-state index is 12.3. The summed E-state index contributed by atoms with van der Waals surface area (Å²) in [5.41, 5.74) is 1.82. The third-order valence-electron chi connectivity index (χ3n) is 3.44. The number of amides is 1. The fourth-order valence-corrected chi connectivity index (χ4v) is 2.11. The smallest absolute Gasteiger partial charge is 0.262 e. The molecule has 0 fully saturated rings. The van der Waals surface area contributed by atoms with Crippen LogP contribution in [0.5, 0.6) is 5.75 Å². The van der Waals surface area contributed by atoms with Crippen molar-refractivity contribution in [3.63, 3.8) is 0 Å². The van der Waals surface area contributed by atoms with E-state index in [9.17, 15) is 10.1 Å². The van der Waals surface area contributed by atoms with Crippen LogP contribution < -0.4 is 10.1 Å². The SMILES string of the molecule is COc1ccc(/C=C(/C#N)C(=O)N[C@@H](C)c2ccccc2)cc1. The van der Waals surface area contributed by atoms with E-state index in [1.807, 2.05) is 43.3 Å². The third-order valence-corrected chi connectivity index (χ3v) is 3.44. The molecule has 0 aliphatic heterocycles. The van der Waals surface area contributed by atoms with Crippen molar-refractivity contribution in [2.45, 2.75) is 13.0 Å². The molecule has 0 aliphatic carbocycles. The molecule has 2 aromatic rings. The van der Waals surface area contributed by atoms with Crippen LogP contribution in [0.4, 0.5) is 0 Å². The lowest BCUT2D eigenvalue weighted by molar-refractivity contribution is -0.117. The molecule has 0 saturated heterocycles. The zero-order valence-electron chi connectivity index (χ0n) is 13.1. The Morgan fingerprint density at radius 1 is 1.17 bits per heavy atom. The number of hydrogen-bond donors (Lipinski definition) is 1. The van der Waals surface area contributed by atoms with Gasteiger partial charge in [-0.05, 0) is 36.3 Å². The predicted octanol–water partition coefficient (Wildman–Crippen LogP) is 3.48. The zero-order valence-corrected chi connectivity index (χ0v) is 13.1. The maximum atomic E-state index is 12.3. The van der Waals surface area contributed by atoms with Crippen LogP contribution in [0.2, 0.25) is 0 Å². The Morgan fingerprint density at radius 2 is 1.83 bits per heavy atom. The molecule has 0 heterocycles. The van der Waals surface area contributed by atoms with Crippen LogP contribution >= 0.6 is 0 Å². The summed E-state index contributed by atoms with van der Waals surface area (Å²) in [6.07, 6.45) is 1.56. The van der Waals surface area contributed by atoms with Crippen LogP contribution in [0.15, 0.2) is 60.2 Å². The Balaban J connectivity index is 2.11. The first-order chi connectivity index (χ1) is 11.1. The van der Waals surface area contributed by atoms with E-state index in [2.05, 4.69) is 5.32 Å². The number of nitrogens with one attached hydrogen (secondary N) is 1. The molecule has 1 N–H and O–H groups in total. The molecule has 0 aliphatic rings. The van der Waals surface area contributed by atoms with Gasteiger partial charge in [0.1, 0.15) is 17.4 Å². The fraction of sp³-hybridized carbons (Fsp3) is 0.158. The lowest BCUT2D eigenvalue weighted by atomic mass is 10.1. The van der Waals surface area contributed by atoms with Gasteiger partial charge in [0.25, 0.3) is 5.91 Å². The Kier molecular flexibility index (Phi) is 5.54. The highest BCUT2D eigenvalue weighted by molar-refractivity contribution is 6.01. The monoisotopic (exact) mass is 306 g/mol. The van der Waals surface area contributed by atoms with E-state index in [-0.39, 0.29) is 17.5 Å². The molecule has 2 rings (SSSR count). The summed E-state index contributed by atoms with van der Waals surface area (Å²) in [6, 6.07) is 18.6. The summed E-state index contributed by atoms with van der Waals surface area (Å²) in [5, 5.41) is 12.1. The summed E-state index contributed by atoms with van der Waals surface area (Å²) in [5.74, 6) is 0.336. The predicted molar refractivity (Wildman–Crippen MR) is 89.6 cm³/mol. The number of methoxy groups -OCH3 is 1. The van der Waals surface area contributed by atoms with Crippen LogP contribution in [-0.2, 0) is 4.79 Å². The number of benzene rings is 2. The molecule has 4 heteroatoms. The van der Waals surface area contributed by atoms with Crippen LogP contribution in [0.25, 0.3) is 6.08 Å². The van der Waals surface area contributed by atoms with Gasteiger partial charge >= 0.3 is 0 Å². The first kappa shape index (κ1) is 16.3. The molecule has 0 bridgehead atoms. The highest BCUT2D eigenvalue weighted by atomic mass is 16.5. The molecule has 0 spiro atoms. The second kappa shape index (κ2) is 7.81. The number of carbonyl (C=O) groups excluding carboxylic acids is 1. The van der Waals surface area contributed by atoms with E-state index in [0.29, 0.717) is 0 Å². The Hall–Kier alpha value is -3.06. The molecular formula is C19H18N2O2. The minimum absolute atomic E-state index is 0.0675. The lowest BCUT2D eigenvalue weighted by Gasteiger charge is -2.13. The number of carbonyl (C=O) groups is 1. The number of nitriles is 1. The summed E-state index contributed by atoms with van der Waals surface area (Å²) in [4.78, 5) is 12.3. The van der Waals surface area contributed by atoms with Gasteiger partial charge in [-0.25, -0.2) is 0 Å². The van der Waals surface area contributed by atoms with Gasteiger partial charge in [0, 0.05) is 0 Å². The molecule has 1 atom stereocenters. The minimum Gasteiger partial charge on any atom is -0.497 e.